The summed E-state index contributed by atoms with van der Waals surface area (Å²) in [5.74, 6) is -0.290. The van der Waals surface area contributed by atoms with E-state index >= 15 is 0 Å². The Labute approximate surface area is 161 Å². The number of amides is 2. The number of fused-ring (bicyclic) bond motifs is 1. The molecule has 3 heterocycles. The fourth-order valence-electron chi connectivity index (χ4n) is 3.13. The van der Waals surface area contributed by atoms with Gasteiger partial charge in [-0.15, -0.1) is 0 Å². The fraction of sp³-hybridized carbons (Fsp3) is 0.250. The maximum Gasteiger partial charge on any atom is 0.252 e. The van der Waals surface area contributed by atoms with Crippen molar-refractivity contribution in [1.82, 2.24) is 24.9 Å². The molecule has 0 spiro atoms. The molecule has 8 nitrogen and oxygen atoms in total. The smallest absolute Gasteiger partial charge is 0.252 e. The van der Waals surface area contributed by atoms with Crippen LogP contribution in [0.2, 0.25) is 0 Å². The first-order chi connectivity index (χ1) is 13.6. The molecule has 0 atom stereocenters. The van der Waals surface area contributed by atoms with Gasteiger partial charge in [0.15, 0.2) is 5.65 Å². The number of nitrogens with one attached hydrogen (secondary N) is 1. The number of pyridine rings is 1. The zero-order chi connectivity index (χ0) is 19.5. The molecule has 1 aliphatic heterocycles. The molecule has 142 valence electrons. The standard InChI is InChI=1S/C20H20N6O2/c1-25-13-23-17-11-15(12-22-19(17)25)20(28)21-9-10-26-18(27)8-7-16(24-26)14-5-3-2-4-6-14/h2-6,11-13H,7-10H2,1H3,(H,21,28). The van der Waals surface area contributed by atoms with E-state index in [1.165, 1.54) is 11.2 Å². The zero-order valence-electron chi connectivity index (χ0n) is 15.5. The van der Waals surface area contributed by atoms with Gasteiger partial charge in [-0.3, -0.25) is 9.59 Å². The Kier molecular flexibility index (Phi) is 4.84. The van der Waals surface area contributed by atoms with Gasteiger partial charge in [0.25, 0.3) is 5.91 Å². The first kappa shape index (κ1) is 17.8. The van der Waals surface area contributed by atoms with Crippen molar-refractivity contribution < 1.29 is 9.59 Å². The maximum atomic E-state index is 12.4. The van der Waals surface area contributed by atoms with Crippen LogP contribution in [0.25, 0.3) is 11.2 Å². The minimum Gasteiger partial charge on any atom is -0.350 e. The predicted molar refractivity (Wildman–Crippen MR) is 105 cm³/mol. The molecule has 0 radical (unpaired) electrons. The van der Waals surface area contributed by atoms with E-state index in [0.717, 1.165) is 16.9 Å². The summed E-state index contributed by atoms with van der Waals surface area (Å²) in [5.41, 5.74) is 3.72. The van der Waals surface area contributed by atoms with Crippen molar-refractivity contribution >= 4 is 28.7 Å². The molecule has 8 heteroatoms. The molecular formula is C20H20N6O2. The van der Waals surface area contributed by atoms with Crippen molar-refractivity contribution in [3.63, 3.8) is 0 Å². The quantitative estimate of drug-likeness (QED) is 0.734. The monoisotopic (exact) mass is 376 g/mol. The van der Waals surface area contributed by atoms with E-state index in [2.05, 4.69) is 20.4 Å². The molecule has 28 heavy (non-hydrogen) atoms. The van der Waals surface area contributed by atoms with Crippen LogP contribution in [-0.2, 0) is 11.8 Å². The van der Waals surface area contributed by atoms with Gasteiger partial charge >= 0.3 is 0 Å². The van der Waals surface area contributed by atoms with Gasteiger partial charge in [-0.05, 0) is 11.6 Å². The number of carbonyl (C=O) groups is 2. The van der Waals surface area contributed by atoms with Crippen LogP contribution in [0.4, 0.5) is 0 Å². The minimum atomic E-state index is -0.253. The van der Waals surface area contributed by atoms with E-state index in [9.17, 15) is 9.59 Å². The lowest BCUT2D eigenvalue weighted by Gasteiger charge is -2.23. The summed E-state index contributed by atoms with van der Waals surface area (Å²) in [7, 11) is 1.85. The van der Waals surface area contributed by atoms with E-state index in [-0.39, 0.29) is 11.8 Å². The molecule has 1 N–H and O–H groups in total. The largest absolute Gasteiger partial charge is 0.350 e. The lowest BCUT2D eigenvalue weighted by molar-refractivity contribution is -0.131. The molecule has 3 aromatic rings. The summed E-state index contributed by atoms with van der Waals surface area (Å²) in [4.78, 5) is 33.0. The first-order valence-corrected chi connectivity index (χ1v) is 9.10. The second kappa shape index (κ2) is 7.59. The Balaban J connectivity index is 1.39. The molecule has 1 aliphatic rings. The van der Waals surface area contributed by atoms with E-state index < -0.39 is 0 Å². The van der Waals surface area contributed by atoms with Crippen LogP contribution in [0.1, 0.15) is 28.8 Å². The second-order valence-corrected chi connectivity index (χ2v) is 6.61. The number of rotatable bonds is 5. The molecule has 0 saturated heterocycles. The summed E-state index contributed by atoms with van der Waals surface area (Å²) in [6.07, 6.45) is 4.23. The Hall–Kier alpha value is -3.55. The topological polar surface area (TPSA) is 92.5 Å². The normalized spacial score (nSPS) is 14.2. The van der Waals surface area contributed by atoms with Crippen LogP contribution in [0.5, 0.6) is 0 Å². The lowest BCUT2D eigenvalue weighted by atomic mass is 10.0. The number of nitrogens with zero attached hydrogens (tertiary/aromatic N) is 5. The minimum absolute atomic E-state index is 0.0366. The molecule has 0 unspecified atom stereocenters. The van der Waals surface area contributed by atoms with Gasteiger partial charge in [0, 0.05) is 32.6 Å². The van der Waals surface area contributed by atoms with Crippen LogP contribution in [-0.4, -0.2) is 50.2 Å². The van der Waals surface area contributed by atoms with Crippen molar-refractivity contribution in [2.45, 2.75) is 12.8 Å². The van der Waals surface area contributed by atoms with Crippen LogP contribution in [0.3, 0.4) is 0 Å². The van der Waals surface area contributed by atoms with Gasteiger partial charge < -0.3 is 9.88 Å². The SMILES string of the molecule is Cn1cnc2cc(C(=O)NCCN3N=C(c4ccccc4)CCC3=O)cnc21. The fourth-order valence-corrected chi connectivity index (χ4v) is 3.13. The first-order valence-electron chi connectivity index (χ1n) is 9.10. The van der Waals surface area contributed by atoms with Gasteiger partial charge in [-0.1, -0.05) is 30.3 Å². The van der Waals surface area contributed by atoms with Gasteiger partial charge in [0.2, 0.25) is 5.91 Å². The average molecular weight is 376 g/mol. The Morgan fingerprint density at radius 3 is 2.82 bits per heavy atom. The number of hydrogen-bond donors (Lipinski definition) is 1. The van der Waals surface area contributed by atoms with Gasteiger partial charge in [-0.2, -0.15) is 5.10 Å². The van der Waals surface area contributed by atoms with Crippen LogP contribution >= 0.6 is 0 Å². The van der Waals surface area contributed by atoms with E-state index in [1.807, 2.05) is 37.4 Å². The number of aryl methyl sites for hydroxylation is 1. The molecule has 0 aliphatic carbocycles. The number of hydrazone groups is 1. The highest BCUT2D eigenvalue weighted by molar-refractivity contribution is 6.04. The van der Waals surface area contributed by atoms with E-state index in [0.29, 0.717) is 37.0 Å². The molecule has 1 aromatic carbocycles. The van der Waals surface area contributed by atoms with Crippen molar-refractivity contribution in [3.05, 3.63) is 60.0 Å². The highest BCUT2D eigenvalue weighted by Gasteiger charge is 2.21. The number of carbonyl (C=O) groups excluding carboxylic acids is 2. The number of benzene rings is 1. The van der Waals surface area contributed by atoms with Crippen LogP contribution in [0, 0.1) is 0 Å². The van der Waals surface area contributed by atoms with Gasteiger partial charge in [0.05, 0.1) is 24.1 Å². The number of aromatic nitrogens is 3. The average Bonchev–Trinajstić information content (AvgIpc) is 3.10. The number of hydrogen-bond acceptors (Lipinski definition) is 5. The molecule has 4 rings (SSSR count). The van der Waals surface area contributed by atoms with Crippen LogP contribution in [0.15, 0.2) is 54.0 Å². The predicted octanol–water partition coefficient (Wildman–Crippen LogP) is 1.72. The van der Waals surface area contributed by atoms with E-state index in [4.69, 9.17) is 0 Å². The summed E-state index contributed by atoms with van der Waals surface area (Å²) >= 11 is 0. The van der Waals surface area contributed by atoms with Crippen molar-refractivity contribution in [2.75, 3.05) is 13.1 Å². The Bertz CT molecular complexity index is 1060. The third kappa shape index (κ3) is 3.62. The third-order valence-corrected chi connectivity index (χ3v) is 4.63. The zero-order valence-corrected chi connectivity index (χ0v) is 15.5. The van der Waals surface area contributed by atoms with Crippen molar-refractivity contribution in [2.24, 2.45) is 12.1 Å². The highest BCUT2D eigenvalue weighted by atomic mass is 16.2. The lowest BCUT2D eigenvalue weighted by Crippen LogP contribution is -2.38. The summed E-state index contributed by atoms with van der Waals surface area (Å²) in [6, 6.07) is 11.5. The summed E-state index contributed by atoms with van der Waals surface area (Å²) < 4.78 is 1.79. The van der Waals surface area contributed by atoms with E-state index in [1.54, 1.807) is 17.0 Å². The molecule has 0 saturated carbocycles. The van der Waals surface area contributed by atoms with Crippen LogP contribution < -0.4 is 5.32 Å². The van der Waals surface area contributed by atoms with Gasteiger partial charge in [-0.25, -0.2) is 15.0 Å². The van der Waals surface area contributed by atoms with Gasteiger partial charge in [0.1, 0.15) is 5.52 Å². The maximum absolute atomic E-state index is 12.4. The third-order valence-electron chi connectivity index (χ3n) is 4.63. The molecular weight excluding hydrogens is 356 g/mol. The Morgan fingerprint density at radius 2 is 2.00 bits per heavy atom. The highest BCUT2D eigenvalue weighted by Crippen LogP contribution is 2.15. The summed E-state index contributed by atoms with van der Waals surface area (Å²) in [5, 5.41) is 8.72. The molecule has 0 bridgehead atoms. The summed E-state index contributed by atoms with van der Waals surface area (Å²) in [6.45, 7) is 0.622. The molecule has 0 fully saturated rings. The Morgan fingerprint density at radius 1 is 1.18 bits per heavy atom. The molecule has 2 amide bonds. The number of imidazole rings is 1. The van der Waals surface area contributed by atoms with Crippen molar-refractivity contribution in [3.8, 4) is 0 Å². The molecule has 2 aromatic heterocycles. The van der Waals surface area contributed by atoms with Crippen molar-refractivity contribution in [1.29, 1.82) is 0 Å². The second-order valence-electron chi connectivity index (χ2n) is 6.61.